The third kappa shape index (κ3) is 7.24. The normalized spacial score (nSPS) is 15.3. The van der Waals surface area contributed by atoms with Gasteiger partial charge in [-0.2, -0.15) is 0 Å². The number of imidazole rings is 1. The van der Waals surface area contributed by atoms with Crippen molar-refractivity contribution in [2.24, 2.45) is 0 Å². The van der Waals surface area contributed by atoms with Gasteiger partial charge in [-0.25, -0.2) is 19.0 Å². The maximum absolute atomic E-state index is 14.9. The van der Waals surface area contributed by atoms with Crippen LogP contribution in [0.1, 0.15) is 43.7 Å². The molecule has 188 valence electrons. The summed E-state index contributed by atoms with van der Waals surface area (Å²) in [7, 11) is 2.11. The molecule has 4 rings (SSSR count). The van der Waals surface area contributed by atoms with Crippen molar-refractivity contribution in [3.8, 4) is 5.75 Å². The number of nitrogens with zero attached hydrogens (tertiary/aromatic N) is 2. The molecule has 2 aromatic carbocycles. The predicted octanol–water partition coefficient (Wildman–Crippen LogP) is 3.85. The van der Waals surface area contributed by atoms with Crippen molar-refractivity contribution >= 4 is 23.0 Å². The number of benzene rings is 2. The van der Waals surface area contributed by atoms with E-state index in [9.17, 15) is 4.39 Å². The third-order valence-electron chi connectivity index (χ3n) is 5.56. The summed E-state index contributed by atoms with van der Waals surface area (Å²) in [6, 6.07) is 12.7. The van der Waals surface area contributed by atoms with Crippen LogP contribution in [0.2, 0.25) is 0 Å². The molecular formula is C25H30FN3O6. The molecule has 1 atom stereocenters. The zero-order chi connectivity index (χ0) is 25.4. The smallest absolute Gasteiger partial charge is 0.414 e. The molecule has 1 aliphatic heterocycles. The molecule has 0 radical (unpaired) electrons. The number of carbonyl (C=O) groups is 2. The summed E-state index contributed by atoms with van der Waals surface area (Å²) in [6.07, 6.45) is 2.18. The number of aromatic nitrogens is 2. The Labute approximate surface area is 202 Å². The van der Waals surface area contributed by atoms with Gasteiger partial charge in [-0.1, -0.05) is 19.1 Å². The maximum atomic E-state index is 14.9. The van der Waals surface area contributed by atoms with Crippen molar-refractivity contribution in [1.29, 1.82) is 0 Å². The van der Waals surface area contributed by atoms with Crippen LogP contribution in [0.4, 0.5) is 4.39 Å². The number of piperidine rings is 1. The molecule has 9 nitrogen and oxygen atoms in total. The highest BCUT2D eigenvalue weighted by molar-refractivity contribution is 6.27. The predicted molar refractivity (Wildman–Crippen MR) is 127 cm³/mol. The van der Waals surface area contributed by atoms with Gasteiger partial charge in [0.2, 0.25) is 0 Å². The summed E-state index contributed by atoms with van der Waals surface area (Å²) >= 11 is 0. The first kappa shape index (κ1) is 26.1. The summed E-state index contributed by atoms with van der Waals surface area (Å²) in [6.45, 7) is 4.58. The van der Waals surface area contributed by atoms with E-state index in [1.54, 1.807) is 12.1 Å². The molecular weight excluding hydrogens is 457 g/mol. The van der Waals surface area contributed by atoms with Gasteiger partial charge in [0.05, 0.1) is 23.7 Å². The summed E-state index contributed by atoms with van der Waals surface area (Å²) < 4.78 is 27.1. The molecule has 1 unspecified atom stereocenters. The van der Waals surface area contributed by atoms with Gasteiger partial charge >= 0.3 is 11.9 Å². The number of rotatable bonds is 7. The number of fused-ring (bicyclic) bond motifs is 1. The third-order valence-corrected chi connectivity index (χ3v) is 5.56. The number of hydrogen-bond acceptors (Lipinski definition) is 6. The van der Waals surface area contributed by atoms with E-state index >= 15 is 0 Å². The summed E-state index contributed by atoms with van der Waals surface area (Å²) in [5.41, 5.74) is 2.22. The van der Waals surface area contributed by atoms with Crippen LogP contribution >= 0.6 is 0 Å². The Morgan fingerprint density at radius 3 is 2.49 bits per heavy atom. The Hall–Kier alpha value is -3.50. The van der Waals surface area contributed by atoms with Crippen LogP contribution in [0.5, 0.6) is 5.75 Å². The van der Waals surface area contributed by atoms with E-state index in [2.05, 4.69) is 16.9 Å². The molecule has 0 bridgehead atoms. The van der Waals surface area contributed by atoms with E-state index in [1.165, 1.54) is 6.07 Å². The Balaban J connectivity index is 0.000000509. The first-order valence-electron chi connectivity index (χ1n) is 11.5. The van der Waals surface area contributed by atoms with Crippen molar-refractivity contribution in [2.75, 3.05) is 26.7 Å². The molecule has 1 aromatic heterocycles. The number of H-pyrrole nitrogens is 1. The number of carboxylic acids is 2. The Morgan fingerprint density at radius 2 is 1.86 bits per heavy atom. The second-order valence-corrected chi connectivity index (χ2v) is 8.30. The van der Waals surface area contributed by atoms with E-state index in [0.29, 0.717) is 23.7 Å². The molecule has 0 aliphatic carbocycles. The van der Waals surface area contributed by atoms with E-state index in [-0.39, 0.29) is 11.9 Å². The molecule has 3 N–H and O–H groups in total. The minimum atomic E-state index is -1.82. The molecule has 1 fully saturated rings. The standard InChI is InChI=1S/C23H28FN3O2.C2H2O4/c1-3-14-28-17-8-9-19(24)18(15-17)22(29-16-10-12-27(2)13-11-16)23-25-20-6-4-5-7-21(20)26-23;3-1(4)2(5)6/h4-9,15-16,22H,3,10-14H2,1-2H3,(H,25,26);(H,3,4)(H,5,6). The van der Waals surface area contributed by atoms with Crippen molar-refractivity contribution in [3.63, 3.8) is 0 Å². The quantitative estimate of drug-likeness (QED) is 0.429. The van der Waals surface area contributed by atoms with Gasteiger partial charge in [0, 0.05) is 18.7 Å². The van der Waals surface area contributed by atoms with Gasteiger partial charge in [0.25, 0.3) is 0 Å². The fourth-order valence-corrected chi connectivity index (χ4v) is 3.73. The number of ether oxygens (including phenoxy) is 2. The number of nitrogens with one attached hydrogen (secondary N) is 1. The Bertz CT molecular complexity index is 1100. The number of aliphatic carboxylic acids is 2. The number of carboxylic acid groups (broad SMARTS) is 2. The van der Waals surface area contributed by atoms with E-state index in [0.717, 1.165) is 43.4 Å². The van der Waals surface area contributed by atoms with Gasteiger partial charge in [-0.3, -0.25) is 0 Å². The van der Waals surface area contributed by atoms with Crippen molar-refractivity contribution in [1.82, 2.24) is 14.9 Å². The minimum Gasteiger partial charge on any atom is -0.494 e. The van der Waals surface area contributed by atoms with Gasteiger partial charge < -0.3 is 29.6 Å². The largest absolute Gasteiger partial charge is 0.494 e. The highest BCUT2D eigenvalue weighted by Gasteiger charge is 2.28. The number of para-hydroxylation sites is 2. The lowest BCUT2D eigenvalue weighted by atomic mass is 10.0. The average Bonchev–Trinajstić information content (AvgIpc) is 3.28. The lowest BCUT2D eigenvalue weighted by Crippen LogP contribution is -2.35. The average molecular weight is 488 g/mol. The molecule has 1 saturated heterocycles. The zero-order valence-electron chi connectivity index (χ0n) is 19.7. The number of likely N-dealkylation sites (tertiary alicyclic amines) is 1. The Kier molecular flexibility index (Phi) is 9.16. The molecule has 0 amide bonds. The van der Waals surface area contributed by atoms with Crippen LogP contribution in [-0.4, -0.2) is 69.9 Å². The SMILES string of the molecule is CCCOc1ccc(F)c(C(OC2CCN(C)CC2)c2nc3ccccc3[nH]2)c1.O=C(O)C(=O)O. The Morgan fingerprint density at radius 1 is 1.17 bits per heavy atom. The van der Waals surface area contributed by atoms with E-state index in [1.807, 2.05) is 31.2 Å². The van der Waals surface area contributed by atoms with Crippen LogP contribution in [0.15, 0.2) is 42.5 Å². The molecule has 3 aromatic rings. The number of halogens is 1. The highest BCUT2D eigenvalue weighted by Crippen LogP contribution is 2.33. The van der Waals surface area contributed by atoms with Crippen LogP contribution in [0, 0.1) is 5.82 Å². The molecule has 10 heteroatoms. The maximum Gasteiger partial charge on any atom is 0.414 e. The zero-order valence-corrected chi connectivity index (χ0v) is 19.7. The van der Waals surface area contributed by atoms with Crippen LogP contribution in [-0.2, 0) is 14.3 Å². The number of hydrogen-bond donors (Lipinski definition) is 3. The van der Waals surface area contributed by atoms with Crippen molar-refractivity contribution in [2.45, 2.75) is 38.4 Å². The van der Waals surface area contributed by atoms with Gasteiger partial charge in [0.15, 0.2) is 0 Å². The van der Waals surface area contributed by atoms with E-state index in [4.69, 9.17) is 34.3 Å². The van der Waals surface area contributed by atoms with Gasteiger partial charge in [0.1, 0.15) is 23.5 Å². The summed E-state index contributed by atoms with van der Waals surface area (Å²) in [5.74, 6) is -2.69. The van der Waals surface area contributed by atoms with Crippen molar-refractivity contribution < 1.29 is 33.7 Å². The van der Waals surface area contributed by atoms with Crippen LogP contribution in [0.25, 0.3) is 11.0 Å². The monoisotopic (exact) mass is 487 g/mol. The summed E-state index contributed by atoms with van der Waals surface area (Å²) in [4.78, 5) is 28.5. The topological polar surface area (TPSA) is 125 Å². The molecule has 35 heavy (non-hydrogen) atoms. The minimum absolute atomic E-state index is 0.0593. The summed E-state index contributed by atoms with van der Waals surface area (Å²) in [5, 5.41) is 14.8. The second-order valence-electron chi connectivity index (χ2n) is 8.30. The lowest BCUT2D eigenvalue weighted by molar-refractivity contribution is -0.159. The molecule has 1 aliphatic rings. The molecule has 0 spiro atoms. The van der Waals surface area contributed by atoms with Crippen molar-refractivity contribution in [3.05, 3.63) is 59.7 Å². The second kappa shape index (κ2) is 12.3. The fourth-order valence-electron chi connectivity index (χ4n) is 3.73. The first-order valence-corrected chi connectivity index (χ1v) is 11.5. The highest BCUT2D eigenvalue weighted by atomic mass is 19.1. The molecule has 2 heterocycles. The van der Waals surface area contributed by atoms with Gasteiger partial charge in [-0.15, -0.1) is 0 Å². The number of aromatic amines is 1. The van der Waals surface area contributed by atoms with Crippen LogP contribution in [0.3, 0.4) is 0 Å². The van der Waals surface area contributed by atoms with Gasteiger partial charge in [-0.05, 0) is 56.6 Å². The van der Waals surface area contributed by atoms with E-state index < -0.39 is 18.0 Å². The first-order chi connectivity index (χ1) is 16.8. The fraction of sp³-hybridized carbons (Fsp3) is 0.400. The van der Waals surface area contributed by atoms with Crippen LogP contribution < -0.4 is 4.74 Å². The lowest BCUT2D eigenvalue weighted by Gasteiger charge is -2.31. The molecule has 0 saturated carbocycles.